The van der Waals surface area contributed by atoms with Crippen LogP contribution in [0.3, 0.4) is 0 Å². The van der Waals surface area contributed by atoms with Crippen LogP contribution in [-0.4, -0.2) is 24.4 Å². The summed E-state index contributed by atoms with van der Waals surface area (Å²) in [7, 11) is 1.63. The van der Waals surface area contributed by atoms with E-state index in [9.17, 15) is 5.11 Å². The highest BCUT2D eigenvalue weighted by Gasteiger charge is 2.12. The molecule has 0 aromatic heterocycles. The predicted octanol–water partition coefficient (Wildman–Crippen LogP) is 1.98. The van der Waals surface area contributed by atoms with E-state index in [0.29, 0.717) is 5.92 Å². The third kappa shape index (κ3) is 4.52. The number of hydrogen-bond acceptors (Lipinski definition) is 2. The summed E-state index contributed by atoms with van der Waals surface area (Å²) in [5.41, 5.74) is 0. The molecule has 2 unspecified atom stereocenters. The minimum absolute atomic E-state index is 0.0694. The van der Waals surface area contributed by atoms with Gasteiger partial charge in [-0.1, -0.05) is 32.9 Å². The molecule has 12 heavy (non-hydrogen) atoms. The van der Waals surface area contributed by atoms with Crippen LogP contribution >= 0.6 is 0 Å². The van der Waals surface area contributed by atoms with Crippen LogP contribution in [-0.2, 0) is 4.74 Å². The van der Waals surface area contributed by atoms with Crippen molar-refractivity contribution < 1.29 is 9.84 Å². The third-order valence-electron chi connectivity index (χ3n) is 1.78. The first-order chi connectivity index (χ1) is 5.61. The zero-order valence-corrected chi connectivity index (χ0v) is 8.45. The first kappa shape index (κ1) is 11.7. The van der Waals surface area contributed by atoms with Crippen LogP contribution in [0.5, 0.6) is 0 Å². The van der Waals surface area contributed by atoms with Gasteiger partial charge in [-0.25, -0.2) is 0 Å². The monoisotopic (exact) mass is 172 g/mol. The van der Waals surface area contributed by atoms with E-state index in [4.69, 9.17) is 4.74 Å². The van der Waals surface area contributed by atoms with Gasteiger partial charge in [0.15, 0.2) is 0 Å². The standard InChI is InChI=1S/C10H20O2/c1-5-10(12-4)9(11)7-6-8(2)3/h6-11H,5H2,1-4H3. The molecule has 0 aliphatic rings. The Balaban J connectivity index is 3.91. The van der Waals surface area contributed by atoms with E-state index >= 15 is 0 Å². The molecule has 2 heteroatoms. The van der Waals surface area contributed by atoms with Gasteiger partial charge in [0.05, 0.1) is 12.2 Å². The second kappa shape index (κ2) is 6.21. The van der Waals surface area contributed by atoms with E-state index in [0.717, 1.165) is 6.42 Å². The Kier molecular flexibility index (Phi) is 6.03. The highest BCUT2D eigenvalue weighted by molar-refractivity contribution is 4.93. The largest absolute Gasteiger partial charge is 0.386 e. The van der Waals surface area contributed by atoms with Crippen molar-refractivity contribution in [2.75, 3.05) is 7.11 Å². The lowest BCUT2D eigenvalue weighted by Gasteiger charge is -2.16. The molecule has 2 atom stereocenters. The molecule has 0 spiro atoms. The zero-order chi connectivity index (χ0) is 9.56. The van der Waals surface area contributed by atoms with Gasteiger partial charge in [0.2, 0.25) is 0 Å². The summed E-state index contributed by atoms with van der Waals surface area (Å²) >= 11 is 0. The van der Waals surface area contributed by atoms with Gasteiger partial charge in [-0.2, -0.15) is 0 Å². The molecule has 0 bridgehead atoms. The van der Waals surface area contributed by atoms with Gasteiger partial charge < -0.3 is 9.84 Å². The topological polar surface area (TPSA) is 29.5 Å². The summed E-state index contributed by atoms with van der Waals surface area (Å²) in [6.45, 7) is 6.16. The van der Waals surface area contributed by atoms with Gasteiger partial charge in [0.1, 0.15) is 0 Å². The van der Waals surface area contributed by atoms with Crippen LogP contribution in [0.1, 0.15) is 27.2 Å². The van der Waals surface area contributed by atoms with Crippen LogP contribution in [0.4, 0.5) is 0 Å². The lowest BCUT2D eigenvalue weighted by molar-refractivity contribution is 0.0101. The van der Waals surface area contributed by atoms with Gasteiger partial charge in [-0.15, -0.1) is 0 Å². The molecular formula is C10H20O2. The summed E-state index contributed by atoms with van der Waals surface area (Å²) in [5.74, 6) is 0.481. The van der Waals surface area contributed by atoms with Crippen molar-refractivity contribution >= 4 is 0 Å². The maximum Gasteiger partial charge on any atom is 0.0982 e. The first-order valence-electron chi connectivity index (χ1n) is 4.51. The molecule has 2 nitrogen and oxygen atoms in total. The third-order valence-corrected chi connectivity index (χ3v) is 1.78. The molecule has 0 aromatic rings. The maximum atomic E-state index is 9.55. The van der Waals surface area contributed by atoms with Crippen LogP contribution < -0.4 is 0 Å². The molecule has 0 heterocycles. The van der Waals surface area contributed by atoms with Gasteiger partial charge in [-0.05, 0) is 12.3 Å². The molecule has 0 aliphatic heterocycles. The molecule has 0 saturated carbocycles. The van der Waals surface area contributed by atoms with E-state index in [1.165, 1.54) is 0 Å². The average Bonchev–Trinajstić information content (AvgIpc) is 2.03. The SMILES string of the molecule is CCC(OC)C(O)C=CC(C)C. The number of methoxy groups -OCH3 is 1. The van der Waals surface area contributed by atoms with Crippen molar-refractivity contribution in [2.24, 2.45) is 5.92 Å². The van der Waals surface area contributed by atoms with Gasteiger partial charge in [0, 0.05) is 7.11 Å². The Hall–Kier alpha value is -0.340. The van der Waals surface area contributed by atoms with Crippen molar-refractivity contribution in [1.29, 1.82) is 0 Å². The number of aliphatic hydroxyl groups is 1. The minimum Gasteiger partial charge on any atom is -0.386 e. The lowest BCUT2D eigenvalue weighted by atomic mass is 10.1. The molecule has 0 fully saturated rings. The Bertz CT molecular complexity index is 126. The highest BCUT2D eigenvalue weighted by Crippen LogP contribution is 2.06. The van der Waals surface area contributed by atoms with Crippen LogP contribution in [0, 0.1) is 5.92 Å². The van der Waals surface area contributed by atoms with E-state index in [2.05, 4.69) is 13.8 Å². The molecule has 0 radical (unpaired) electrons. The molecule has 0 rings (SSSR count). The molecule has 0 saturated heterocycles. The number of aliphatic hydroxyl groups excluding tert-OH is 1. The number of ether oxygens (including phenoxy) is 1. The van der Waals surface area contributed by atoms with E-state index in [-0.39, 0.29) is 6.10 Å². The molecule has 72 valence electrons. The summed E-state index contributed by atoms with van der Waals surface area (Å²) in [4.78, 5) is 0. The van der Waals surface area contributed by atoms with E-state index in [1.807, 2.05) is 19.1 Å². The Labute approximate surface area is 75.2 Å². The maximum absolute atomic E-state index is 9.55. The van der Waals surface area contributed by atoms with Crippen molar-refractivity contribution in [3.05, 3.63) is 12.2 Å². The summed E-state index contributed by atoms with van der Waals surface area (Å²) in [5, 5.41) is 9.55. The minimum atomic E-state index is -0.470. The predicted molar refractivity (Wildman–Crippen MR) is 51.1 cm³/mol. The molecule has 0 aliphatic carbocycles. The molecule has 0 aromatic carbocycles. The number of hydrogen-bond donors (Lipinski definition) is 1. The fourth-order valence-corrected chi connectivity index (χ4v) is 1.01. The van der Waals surface area contributed by atoms with Crippen LogP contribution in [0.25, 0.3) is 0 Å². The van der Waals surface area contributed by atoms with Crippen molar-refractivity contribution in [2.45, 2.75) is 39.4 Å². The summed E-state index contributed by atoms with van der Waals surface area (Å²) < 4.78 is 5.09. The Morgan fingerprint density at radius 1 is 1.33 bits per heavy atom. The van der Waals surface area contributed by atoms with Crippen molar-refractivity contribution in [3.63, 3.8) is 0 Å². The number of allylic oxidation sites excluding steroid dienone is 1. The molecule has 0 amide bonds. The number of rotatable bonds is 5. The van der Waals surface area contributed by atoms with Gasteiger partial charge in [0.25, 0.3) is 0 Å². The normalized spacial score (nSPS) is 17.2. The zero-order valence-electron chi connectivity index (χ0n) is 8.45. The average molecular weight is 172 g/mol. The molecular weight excluding hydrogens is 152 g/mol. The van der Waals surface area contributed by atoms with Crippen molar-refractivity contribution in [1.82, 2.24) is 0 Å². The second-order valence-electron chi connectivity index (χ2n) is 3.30. The van der Waals surface area contributed by atoms with Crippen LogP contribution in [0.2, 0.25) is 0 Å². The van der Waals surface area contributed by atoms with E-state index in [1.54, 1.807) is 7.11 Å². The Morgan fingerprint density at radius 2 is 1.92 bits per heavy atom. The van der Waals surface area contributed by atoms with Crippen molar-refractivity contribution in [3.8, 4) is 0 Å². The quantitative estimate of drug-likeness (QED) is 0.643. The fourth-order valence-electron chi connectivity index (χ4n) is 1.01. The van der Waals surface area contributed by atoms with Gasteiger partial charge in [-0.3, -0.25) is 0 Å². The lowest BCUT2D eigenvalue weighted by Crippen LogP contribution is -2.25. The van der Waals surface area contributed by atoms with Gasteiger partial charge >= 0.3 is 0 Å². The Morgan fingerprint density at radius 3 is 2.25 bits per heavy atom. The first-order valence-corrected chi connectivity index (χ1v) is 4.51. The smallest absolute Gasteiger partial charge is 0.0982 e. The fraction of sp³-hybridized carbons (Fsp3) is 0.800. The summed E-state index contributed by atoms with van der Waals surface area (Å²) in [6.07, 6.45) is 4.09. The molecule has 1 N–H and O–H groups in total. The highest BCUT2D eigenvalue weighted by atomic mass is 16.5. The van der Waals surface area contributed by atoms with E-state index < -0.39 is 6.10 Å². The second-order valence-corrected chi connectivity index (χ2v) is 3.30. The summed E-state index contributed by atoms with van der Waals surface area (Å²) in [6, 6.07) is 0. The van der Waals surface area contributed by atoms with Crippen LogP contribution in [0.15, 0.2) is 12.2 Å².